The maximum absolute atomic E-state index is 12.6. The van der Waals surface area contributed by atoms with Gasteiger partial charge in [-0.1, -0.05) is 6.92 Å². The molecule has 8 nitrogen and oxygen atoms in total. The summed E-state index contributed by atoms with van der Waals surface area (Å²) in [5.41, 5.74) is 1.86. The Morgan fingerprint density at radius 2 is 1.82 bits per heavy atom. The lowest BCUT2D eigenvalue weighted by Gasteiger charge is -2.17. The highest BCUT2D eigenvalue weighted by Crippen LogP contribution is 2.26. The molecule has 8 heteroatoms. The number of hydrogen-bond acceptors (Lipinski definition) is 7. The van der Waals surface area contributed by atoms with Crippen LogP contribution in [-0.4, -0.2) is 37.2 Å². The fraction of sp³-hybridized carbons (Fsp3) is 0.250. The monoisotopic (exact) mass is 384 g/mol. The van der Waals surface area contributed by atoms with Crippen molar-refractivity contribution in [2.24, 2.45) is 0 Å². The molecule has 1 aromatic heterocycles. The number of oxazole rings is 1. The molecule has 28 heavy (non-hydrogen) atoms. The molecule has 0 saturated heterocycles. The third-order valence-corrected chi connectivity index (χ3v) is 4.10. The molecular weight excluding hydrogens is 364 g/mol. The Bertz CT molecular complexity index is 975. The molecule has 0 aliphatic carbocycles. The Balaban J connectivity index is 1.71. The van der Waals surface area contributed by atoms with Crippen LogP contribution in [0.15, 0.2) is 47.2 Å². The number of fused-ring (bicyclic) bond motifs is 1. The molecule has 1 heterocycles. The third-order valence-electron chi connectivity index (χ3n) is 4.10. The van der Waals surface area contributed by atoms with Crippen molar-refractivity contribution >= 4 is 28.7 Å². The van der Waals surface area contributed by atoms with E-state index in [0.717, 1.165) is 0 Å². The van der Waals surface area contributed by atoms with Gasteiger partial charge in [0.2, 0.25) is 0 Å². The molecule has 3 rings (SSSR count). The van der Waals surface area contributed by atoms with Crippen LogP contribution in [0.1, 0.15) is 23.7 Å². The van der Waals surface area contributed by atoms with Gasteiger partial charge in [-0.15, -0.1) is 0 Å². The van der Waals surface area contributed by atoms with E-state index in [4.69, 9.17) is 18.6 Å². The van der Waals surface area contributed by atoms with E-state index in [1.54, 1.807) is 43.3 Å². The van der Waals surface area contributed by atoms with E-state index in [1.165, 1.54) is 20.6 Å². The summed E-state index contributed by atoms with van der Waals surface area (Å²) in [5.74, 6) is -0.00925. The average Bonchev–Trinajstić information content (AvgIpc) is 3.19. The highest BCUT2D eigenvalue weighted by atomic mass is 16.5. The van der Waals surface area contributed by atoms with E-state index in [2.05, 4.69) is 10.3 Å². The standard InChI is InChI=1S/C20H20N2O6/c1-4-17(19(23)22-13-8-14(25-2)10-15(9-13)26-3)28-20(24)12-5-6-18-16(7-12)21-11-27-18/h5-11,17H,4H2,1-3H3,(H,22,23). The van der Waals surface area contributed by atoms with Gasteiger partial charge in [0.05, 0.1) is 19.8 Å². The van der Waals surface area contributed by atoms with Gasteiger partial charge in [-0.05, 0) is 24.6 Å². The van der Waals surface area contributed by atoms with Crippen LogP contribution in [0.3, 0.4) is 0 Å². The first-order valence-electron chi connectivity index (χ1n) is 8.62. The molecule has 0 aliphatic heterocycles. The number of ether oxygens (including phenoxy) is 3. The molecule has 1 amide bonds. The SMILES string of the molecule is CCC(OC(=O)c1ccc2ocnc2c1)C(=O)Nc1cc(OC)cc(OC)c1. The molecule has 0 saturated carbocycles. The van der Waals surface area contributed by atoms with E-state index in [9.17, 15) is 9.59 Å². The van der Waals surface area contributed by atoms with E-state index >= 15 is 0 Å². The van der Waals surface area contributed by atoms with E-state index in [0.29, 0.717) is 34.7 Å². The molecular formula is C20H20N2O6. The van der Waals surface area contributed by atoms with Crippen LogP contribution in [0.5, 0.6) is 11.5 Å². The minimum atomic E-state index is -0.960. The Kier molecular flexibility index (Phi) is 5.78. The summed E-state index contributed by atoms with van der Waals surface area (Å²) in [6.45, 7) is 1.75. The third kappa shape index (κ3) is 4.22. The summed E-state index contributed by atoms with van der Waals surface area (Å²) in [5, 5.41) is 2.72. The second-order valence-corrected chi connectivity index (χ2v) is 5.93. The average molecular weight is 384 g/mol. The van der Waals surface area contributed by atoms with Gasteiger partial charge in [-0.2, -0.15) is 0 Å². The van der Waals surface area contributed by atoms with Crippen molar-refractivity contribution in [3.05, 3.63) is 48.4 Å². The molecule has 3 aromatic rings. The zero-order chi connectivity index (χ0) is 20.1. The lowest BCUT2D eigenvalue weighted by atomic mass is 10.2. The lowest BCUT2D eigenvalue weighted by molar-refractivity contribution is -0.124. The number of hydrogen-bond donors (Lipinski definition) is 1. The van der Waals surface area contributed by atoms with Crippen molar-refractivity contribution in [3.63, 3.8) is 0 Å². The van der Waals surface area contributed by atoms with Crippen molar-refractivity contribution in [3.8, 4) is 11.5 Å². The van der Waals surface area contributed by atoms with Crippen LogP contribution in [0.25, 0.3) is 11.1 Å². The van der Waals surface area contributed by atoms with Gasteiger partial charge >= 0.3 is 5.97 Å². The van der Waals surface area contributed by atoms with Crippen molar-refractivity contribution in [2.45, 2.75) is 19.4 Å². The number of nitrogens with one attached hydrogen (secondary N) is 1. The van der Waals surface area contributed by atoms with Crippen molar-refractivity contribution in [2.75, 3.05) is 19.5 Å². The van der Waals surface area contributed by atoms with E-state index < -0.39 is 18.0 Å². The van der Waals surface area contributed by atoms with Crippen LogP contribution >= 0.6 is 0 Å². The summed E-state index contributed by atoms with van der Waals surface area (Å²) < 4.78 is 20.9. The Labute approximate surface area is 161 Å². The molecule has 0 spiro atoms. The summed E-state index contributed by atoms with van der Waals surface area (Å²) in [6, 6.07) is 9.72. The van der Waals surface area contributed by atoms with Gasteiger partial charge in [0.25, 0.3) is 5.91 Å². The van der Waals surface area contributed by atoms with Crippen LogP contribution in [-0.2, 0) is 9.53 Å². The summed E-state index contributed by atoms with van der Waals surface area (Å²) in [4.78, 5) is 29.0. The first-order chi connectivity index (χ1) is 13.5. The molecule has 0 fully saturated rings. The maximum Gasteiger partial charge on any atom is 0.338 e. The normalized spacial score (nSPS) is 11.7. The number of carbonyl (C=O) groups is 2. The van der Waals surface area contributed by atoms with Crippen LogP contribution in [0.2, 0.25) is 0 Å². The molecule has 1 N–H and O–H groups in total. The van der Waals surface area contributed by atoms with Gasteiger partial charge < -0.3 is 23.9 Å². The number of methoxy groups -OCH3 is 2. The maximum atomic E-state index is 12.6. The van der Waals surface area contributed by atoms with E-state index in [-0.39, 0.29) is 5.56 Å². The summed E-state index contributed by atoms with van der Waals surface area (Å²) >= 11 is 0. The molecule has 0 aliphatic rings. The number of esters is 1. The zero-order valence-electron chi connectivity index (χ0n) is 15.7. The number of anilines is 1. The predicted molar refractivity (Wildman–Crippen MR) is 102 cm³/mol. The molecule has 146 valence electrons. The van der Waals surface area contributed by atoms with Crippen LogP contribution in [0.4, 0.5) is 5.69 Å². The smallest absolute Gasteiger partial charge is 0.338 e. The van der Waals surface area contributed by atoms with Gasteiger partial charge in [0.1, 0.15) is 17.0 Å². The predicted octanol–water partition coefficient (Wildman–Crippen LogP) is 3.42. The van der Waals surface area contributed by atoms with Gasteiger partial charge in [0.15, 0.2) is 18.1 Å². The Morgan fingerprint density at radius 3 is 2.46 bits per heavy atom. The second-order valence-electron chi connectivity index (χ2n) is 5.93. The summed E-state index contributed by atoms with van der Waals surface area (Å²) in [6.07, 6.45) is 0.646. The molecule has 0 radical (unpaired) electrons. The highest BCUT2D eigenvalue weighted by Gasteiger charge is 2.23. The minimum Gasteiger partial charge on any atom is -0.497 e. The molecule has 0 bridgehead atoms. The second kappa shape index (κ2) is 8.43. The number of carbonyl (C=O) groups excluding carboxylic acids is 2. The van der Waals surface area contributed by atoms with Gasteiger partial charge in [0, 0.05) is 23.9 Å². The highest BCUT2D eigenvalue weighted by molar-refractivity contribution is 5.98. The zero-order valence-corrected chi connectivity index (χ0v) is 15.7. The number of amides is 1. The first kappa shape index (κ1) is 19.2. The number of benzene rings is 2. The number of rotatable bonds is 7. The minimum absolute atomic E-state index is 0.288. The summed E-state index contributed by atoms with van der Waals surface area (Å²) in [7, 11) is 3.03. The van der Waals surface area contributed by atoms with Crippen LogP contribution < -0.4 is 14.8 Å². The van der Waals surface area contributed by atoms with Crippen molar-refractivity contribution in [1.82, 2.24) is 4.98 Å². The lowest BCUT2D eigenvalue weighted by Crippen LogP contribution is -2.32. The van der Waals surface area contributed by atoms with Crippen molar-refractivity contribution in [1.29, 1.82) is 0 Å². The fourth-order valence-corrected chi connectivity index (χ4v) is 2.61. The first-order valence-corrected chi connectivity index (χ1v) is 8.62. The van der Waals surface area contributed by atoms with Crippen molar-refractivity contribution < 1.29 is 28.2 Å². The number of aromatic nitrogens is 1. The van der Waals surface area contributed by atoms with Gasteiger partial charge in [-0.25, -0.2) is 9.78 Å². The fourth-order valence-electron chi connectivity index (χ4n) is 2.61. The molecule has 1 atom stereocenters. The Morgan fingerprint density at radius 1 is 1.11 bits per heavy atom. The number of nitrogens with zero attached hydrogens (tertiary/aromatic N) is 1. The topological polar surface area (TPSA) is 99.9 Å². The largest absolute Gasteiger partial charge is 0.497 e. The van der Waals surface area contributed by atoms with Gasteiger partial charge in [-0.3, -0.25) is 4.79 Å². The van der Waals surface area contributed by atoms with E-state index in [1.807, 2.05) is 0 Å². The molecule has 1 unspecified atom stereocenters. The Hall–Kier alpha value is -3.55. The quantitative estimate of drug-likeness (QED) is 0.623. The van der Waals surface area contributed by atoms with Crippen LogP contribution in [0, 0.1) is 0 Å². The molecule has 2 aromatic carbocycles.